The van der Waals surface area contributed by atoms with E-state index in [1.54, 1.807) is 12.1 Å². The molecule has 0 heterocycles. The van der Waals surface area contributed by atoms with E-state index in [0.29, 0.717) is 5.02 Å². The lowest BCUT2D eigenvalue weighted by Crippen LogP contribution is -2.23. The summed E-state index contributed by atoms with van der Waals surface area (Å²) in [5, 5.41) is 8.89. The van der Waals surface area contributed by atoms with Gasteiger partial charge in [0.25, 0.3) is 0 Å². The van der Waals surface area contributed by atoms with Crippen molar-refractivity contribution in [2.75, 3.05) is 6.26 Å². The number of carbonyl (C=O) groups is 1. The first-order valence-corrected chi connectivity index (χ1v) is 7.51. The fraction of sp³-hybridized carbons (Fsp3) is 0.364. The first-order valence-electron chi connectivity index (χ1n) is 5.24. The monoisotopic (exact) mass is 291 g/mol. The first kappa shape index (κ1) is 14.9. The van der Waals surface area contributed by atoms with Crippen LogP contribution in [0, 0.1) is 0 Å². The minimum absolute atomic E-state index is 0.215. The highest BCUT2D eigenvalue weighted by atomic mass is 35.5. The Morgan fingerprint density at radius 3 is 2.33 bits per heavy atom. The van der Waals surface area contributed by atoms with Gasteiger partial charge in [0.15, 0.2) is 0 Å². The van der Waals surface area contributed by atoms with Crippen LogP contribution in [0.5, 0.6) is 0 Å². The van der Waals surface area contributed by atoms with Gasteiger partial charge in [0.05, 0.1) is 11.8 Å². The Kier molecular flexibility index (Phi) is 5.13. The van der Waals surface area contributed by atoms with Crippen molar-refractivity contribution < 1.29 is 18.3 Å². The highest BCUT2D eigenvalue weighted by Gasteiger charge is 2.24. The maximum absolute atomic E-state index is 10.4. The molecule has 0 aromatic heterocycles. The molecule has 2 N–H and O–H groups in total. The summed E-state index contributed by atoms with van der Waals surface area (Å²) in [6.45, 7) is 0. The molecule has 1 aliphatic carbocycles. The van der Waals surface area contributed by atoms with Crippen molar-refractivity contribution in [3.05, 3.63) is 34.9 Å². The van der Waals surface area contributed by atoms with E-state index in [-0.39, 0.29) is 11.6 Å². The summed E-state index contributed by atoms with van der Waals surface area (Å²) in [5.41, 5.74) is 0.215. The molecule has 0 bridgehead atoms. The van der Waals surface area contributed by atoms with Crippen LogP contribution in [-0.2, 0) is 10.0 Å². The molecule has 2 rings (SSSR count). The van der Waals surface area contributed by atoms with Gasteiger partial charge < -0.3 is 5.11 Å². The van der Waals surface area contributed by atoms with E-state index in [0.717, 1.165) is 12.8 Å². The van der Waals surface area contributed by atoms with Gasteiger partial charge in [-0.05, 0) is 31.0 Å². The van der Waals surface area contributed by atoms with Crippen molar-refractivity contribution in [1.29, 1.82) is 0 Å². The number of hydrogen-bond acceptors (Lipinski definition) is 3. The fourth-order valence-electron chi connectivity index (χ4n) is 1.13. The van der Waals surface area contributed by atoms with Gasteiger partial charge in [-0.3, -0.25) is 0 Å². The fourth-order valence-corrected chi connectivity index (χ4v) is 2.16. The Bertz CT molecular complexity index is 526. The third-order valence-corrected chi connectivity index (χ3v) is 3.03. The number of carboxylic acid groups (broad SMARTS) is 1. The quantitative estimate of drug-likeness (QED) is 0.888. The van der Waals surface area contributed by atoms with E-state index in [2.05, 4.69) is 4.72 Å². The Labute approximate surface area is 111 Å². The molecule has 18 heavy (non-hydrogen) atoms. The maximum Gasteiger partial charge on any atom is 0.335 e. The Hall–Kier alpha value is -1.11. The van der Waals surface area contributed by atoms with Crippen LogP contribution in [0.4, 0.5) is 0 Å². The molecule has 1 aromatic carbocycles. The summed E-state index contributed by atoms with van der Waals surface area (Å²) in [4.78, 5) is 10.3. The van der Waals surface area contributed by atoms with Crippen LogP contribution in [-0.4, -0.2) is 31.8 Å². The van der Waals surface area contributed by atoms with Gasteiger partial charge in [-0.25, -0.2) is 17.9 Å². The molecular weight excluding hydrogens is 278 g/mol. The van der Waals surface area contributed by atoms with Gasteiger partial charge in [0.1, 0.15) is 0 Å². The van der Waals surface area contributed by atoms with E-state index in [1.165, 1.54) is 18.4 Å². The topological polar surface area (TPSA) is 83.5 Å². The number of sulfonamides is 1. The number of hydrogen-bond donors (Lipinski definition) is 2. The Morgan fingerprint density at radius 2 is 2.06 bits per heavy atom. The van der Waals surface area contributed by atoms with Crippen molar-refractivity contribution >= 4 is 27.6 Å². The number of halogens is 1. The number of carboxylic acids is 1. The molecule has 0 atom stereocenters. The Morgan fingerprint density at radius 1 is 1.44 bits per heavy atom. The minimum atomic E-state index is -2.91. The zero-order valence-electron chi connectivity index (χ0n) is 9.76. The third-order valence-electron chi connectivity index (χ3n) is 2.03. The number of aromatic carboxylic acids is 1. The van der Waals surface area contributed by atoms with Gasteiger partial charge >= 0.3 is 5.97 Å². The second kappa shape index (κ2) is 6.17. The van der Waals surface area contributed by atoms with Crippen molar-refractivity contribution in [3.63, 3.8) is 0 Å². The van der Waals surface area contributed by atoms with Gasteiger partial charge in [-0.1, -0.05) is 17.7 Å². The third kappa shape index (κ3) is 6.58. The van der Waals surface area contributed by atoms with Gasteiger partial charge in [-0.15, -0.1) is 0 Å². The minimum Gasteiger partial charge on any atom is -0.478 e. The molecule has 0 spiro atoms. The summed E-state index contributed by atoms with van der Waals surface area (Å²) in [5.74, 6) is -0.956. The van der Waals surface area contributed by atoms with Crippen molar-refractivity contribution in [1.82, 2.24) is 4.72 Å². The summed E-state index contributed by atoms with van der Waals surface area (Å²) in [7, 11) is -2.91. The van der Waals surface area contributed by atoms with Crippen LogP contribution >= 0.6 is 11.6 Å². The summed E-state index contributed by atoms with van der Waals surface area (Å²) in [6, 6.07) is 6.39. The molecule has 0 saturated heterocycles. The van der Waals surface area contributed by atoms with E-state index in [4.69, 9.17) is 16.7 Å². The number of rotatable bonds is 3. The molecule has 1 fully saturated rings. The standard InChI is InChI=1S/C7H5ClO2.C4H9NO2S/c8-6-3-1-2-5(4-6)7(9)10;1-8(6,7)5-4-2-3-4/h1-4H,(H,9,10);4-5H,2-3H2,1H3. The van der Waals surface area contributed by atoms with E-state index in [9.17, 15) is 13.2 Å². The van der Waals surface area contributed by atoms with Gasteiger partial charge in [-0.2, -0.15) is 0 Å². The molecule has 1 saturated carbocycles. The van der Waals surface area contributed by atoms with E-state index in [1.807, 2.05) is 0 Å². The smallest absolute Gasteiger partial charge is 0.335 e. The number of nitrogens with one attached hydrogen (secondary N) is 1. The maximum atomic E-state index is 10.4. The van der Waals surface area contributed by atoms with Crippen LogP contribution in [0.3, 0.4) is 0 Å². The van der Waals surface area contributed by atoms with Crippen LogP contribution in [0.15, 0.2) is 24.3 Å². The van der Waals surface area contributed by atoms with Gasteiger partial charge in [0.2, 0.25) is 10.0 Å². The second-order valence-electron chi connectivity index (χ2n) is 3.98. The molecule has 0 aliphatic heterocycles. The molecule has 0 amide bonds. The number of benzene rings is 1. The lowest BCUT2D eigenvalue weighted by molar-refractivity contribution is 0.0697. The molecule has 5 nitrogen and oxygen atoms in total. The van der Waals surface area contributed by atoms with E-state index < -0.39 is 16.0 Å². The van der Waals surface area contributed by atoms with Crippen LogP contribution < -0.4 is 4.72 Å². The van der Waals surface area contributed by atoms with Crippen molar-refractivity contribution in [2.45, 2.75) is 18.9 Å². The predicted molar refractivity (Wildman–Crippen MR) is 69.4 cm³/mol. The molecule has 1 aliphatic rings. The predicted octanol–water partition coefficient (Wildman–Crippen LogP) is 1.74. The summed E-state index contributed by atoms with van der Waals surface area (Å²) in [6.07, 6.45) is 3.20. The molecule has 7 heteroatoms. The highest BCUT2D eigenvalue weighted by molar-refractivity contribution is 7.88. The molecule has 1 aromatic rings. The highest BCUT2D eigenvalue weighted by Crippen LogP contribution is 2.19. The molecule has 0 unspecified atom stereocenters. The zero-order chi connectivity index (χ0) is 13.8. The average Bonchev–Trinajstić information content (AvgIpc) is 3.00. The normalized spacial score (nSPS) is 14.6. The SMILES string of the molecule is CS(=O)(=O)NC1CC1.O=C(O)c1cccc(Cl)c1. The summed E-state index contributed by atoms with van der Waals surface area (Å²) >= 11 is 5.53. The van der Waals surface area contributed by atoms with Crippen LogP contribution in [0.2, 0.25) is 5.02 Å². The first-order chi connectivity index (χ1) is 8.28. The molecule has 100 valence electrons. The lowest BCUT2D eigenvalue weighted by atomic mass is 10.2. The van der Waals surface area contributed by atoms with Crippen molar-refractivity contribution in [3.8, 4) is 0 Å². The van der Waals surface area contributed by atoms with Gasteiger partial charge in [0, 0.05) is 11.1 Å². The van der Waals surface area contributed by atoms with Crippen LogP contribution in [0.1, 0.15) is 23.2 Å². The molecule has 0 radical (unpaired) electrons. The lowest BCUT2D eigenvalue weighted by Gasteiger charge is -1.94. The van der Waals surface area contributed by atoms with E-state index >= 15 is 0 Å². The zero-order valence-corrected chi connectivity index (χ0v) is 11.3. The average molecular weight is 292 g/mol. The summed E-state index contributed by atoms with van der Waals surface area (Å²) < 4.78 is 23.2. The largest absolute Gasteiger partial charge is 0.478 e. The second-order valence-corrected chi connectivity index (χ2v) is 6.20. The van der Waals surface area contributed by atoms with Crippen LogP contribution in [0.25, 0.3) is 0 Å². The Balaban J connectivity index is 0.000000184. The van der Waals surface area contributed by atoms with Crippen molar-refractivity contribution in [2.24, 2.45) is 0 Å². The molecular formula is C11H14ClNO4S.